The Morgan fingerprint density at radius 1 is 1.12 bits per heavy atom. The Morgan fingerprint density at radius 2 is 1.85 bits per heavy atom. The summed E-state index contributed by atoms with van der Waals surface area (Å²) in [7, 11) is 0. The van der Waals surface area contributed by atoms with E-state index in [-0.39, 0.29) is 12.4 Å². The van der Waals surface area contributed by atoms with Gasteiger partial charge in [-0.1, -0.05) is 37.3 Å². The predicted octanol–water partition coefficient (Wildman–Crippen LogP) is 2.88. The van der Waals surface area contributed by atoms with Gasteiger partial charge in [0.1, 0.15) is 0 Å². The van der Waals surface area contributed by atoms with Crippen LogP contribution in [-0.2, 0) is 6.54 Å². The zero-order chi connectivity index (χ0) is 17.1. The monoisotopic (exact) mass is 376 g/mol. The zero-order valence-electron chi connectivity index (χ0n) is 15.5. The molecule has 1 atom stereocenters. The molecule has 2 saturated heterocycles. The van der Waals surface area contributed by atoms with Crippen LogP contribution in [0.1, 0.15) is 19.2 Å². The van der Waals surface area contributed by atoms with Gasteiger partial charge in [-0.25, -0.2) is 4.98 Å². The van der Waals surface area contributed by atoms with Gasteiger partial charge in [0.2, 0.25) is 5.89 Å². The molecule has 142 valence electrons. The van der Waals surface area contributed by atoms with Crippen molar-refractivity contribution >= 4 is 12.4 Å². The average Bonchev–Trinajstić information content (AvgIpc) is 3.27. The smallest absolute Gasteiger partial charge is 0.209 e. The lowest BCUT2D eigenvalue weighted by atomic mass is 9.89. The molecular formula is C20H29ClN4O. The van der Waals surface area contributed by atoms with E-state index in [1.807, 2.05) is 24.4 Å². The van der Waals surface area contributed by atoms with Crippen molar-refractivity contribution in [1.82, 2.24) is 20.1 Å². The lowest BCUT2D eigenvalue weighted by molar-refractivity contribution is 0.0885. The minimum atomic E-state index is 0. The molecule has 2 fully saturated rings. The number of halogens is 1. The van der Waals surface area contributed by atoms with Gasteiger partial charge in [0.25, 0.3) is 0 Å². The second-order valence-corrected chi connectivity index (χ2v) is 7.77. The highest BCUT2D eigenvalue weighted by atomic mass is 35.5. The minimum Gasteiger partial charge on any atom is -0.439 e. The van der Waals surface area contributed by atoms with Crippen molar-refractivity contribution in [3.05, 3.63) is 42.4 Å². The molecule has 0 saturated carbocycles. The van der Waals surface area contributed by atoms with Crippen LogP contribution in [0.15, 0.2) is 40.9 Å². The first kappa shape index (κ1) is 19.4. The highest BCUT2D eigenvalue weighted by molar-refractivity contribution is 5.85. The maximum Gasteiger partial charge on any atom is 0.209 e. The number of nitrogens with one attached hydrogen (secondary N) is 1. The first-order valence-corrected chi connectivity index (χ1v) is 9.36. The molecule has 0 spiro atoms. The summed E-state index contributed by atoms with van der Waals surface area (Å²) in [5, 5.41) is 3.50. The molecule has 1 N–H and O–H groups in total. The summed E-state index contributed by atoms with van der Waals surface area (Å²) in [5.74, 6) is 1.68. The number of nitrogens with zero attached hydrogens (tertiary/aromatic N) is 3. The largest absolute Gasteiger partial charge is 0.439 e. The third-order valence-corrected chi connectivity index (χ3v) is 5.50. The second-order valence-electron chi connectivity index (χ2n) is 7.77. The lowest BCUT2D eigenvalue weighted by Crippen LogP contribution is -2.49. The molecule has 1 aromatic heterocycles. The van der Waals surface area contributed by atoms with Crippen LogP contribution in [0.2, 0.25) is 0 Å². The van der Waals surface area contributed by atoms with E-state index in [9.17, 15) is 0 Å². The van der Waals surface area contributed by atoms with Crippen molar-refractivity contribution in [1.29, 1.82) is 0 Å². The van der Waals surface area contributed by atoms with E-state index >= 15 is 0 Å². The van der Waals surface area contributed by atoms with Crippen molar-refractivity contribution in [2.45, 2.75) is 19.9 Å². The molecule has 3 heterocycles. The summed E-state index contributed by atoms with van der Waals surface area (Å²) in [5.41, 5.74) is 1.54. The molecule has 2 aliphatic rings. The Balaban J connectivity index is 0.00000196. The standard InChI is InChI=1S/C20H28N4O.ClH/c1-20(7-8-21-15-20)16-24-11-9-23(10-12-24)14-19-22-13-18(25-19)17-5-3-2-4-6-17;/h2-6,13,21H,7-12,14-16H2,1H3;1H. The quantitative estimate of drug-likeness (QED) is 0.869. The third kappa shape index (κ3) is 4.65. The number of piperazine rings is 1. The minimum absolute atomic E-state index is 0. The molecular weight excluding hydrogens is 348 g/mol. The predicted molar refractivity (Wildman–Crippen MR) is 106 cm³/mol. The van der Waals surface area contributed by atoms with Crippen molar-refractivity contribution in [2.75, 3.05) is 45.8 Å². The van der Waals surface area contributed by atoms with E-state index in [1.54, 1.807) is 0 Å². The Kier molecular flexibility index (Phi) is 6.35. The van der Waals surface area contributed by atoms with E-state index in [2.05, 4.69) is 39.2 Å². The van der Waals surface area contributed by atoms with E-state index < -0.39 is 0 Å². The SMILES string of the molecule is CC1(CN2CCN(Cc3ncc(-c4ccccc4)o3)CC2)CCNC1.Cl. The number of rotatable bonds is 5. The highest BCUT2D eigenvalue weighted by Gasteiger charge is 2.31. The molecule has 1 aromatic carbocycles. The fraction of sp³-hybridized carbons (Fsp3) is 0.550. The van der Waals surface area contributed by atoms with Gasteiger partial charge in [0.15, 0.2) is 5.76 Å². The van der Waals surface area contributed by atoms with E-state index in [0.717, 1.165) is 56.5 Å². The van der Waals surface area contributed by atoms with Gasteiger partial charge >= 0.3 is 0 Å². The Labute approximate surface area is 162 Å². The summed E-state index contributed by atoms with van der Waals surface area (Å²) in [6, 6.07) is 10.2. The summed E-state index contributed by atoms with van der Waals surface area (Å²) < 4.78 is 5.95. The normalized spacial score (nSPS) is 24.5. The van der Waals surface area contributed by atoms with Crippen LogP contribution in [0, 0.1) is 5.41 Å². The number of benzene rings is 1. The molecule has 0 amide bonds. The molecule has 6 heteroatoms. The summed E-state index contributed by atoms with van der Waals surface area (Å²) in [6.45, 7) is 11.2. The molecule has 2 aromatic rings. The van der Waals surface area contributed by atoms with Gasteiger partial charge in [-0.3, -0.25) is 4.90 Å². The Bertz CT molecular complexity index is 676. The third-order valence-electron chi connectivity index (χ3n) is 5.50. The fourth-order valence-electron chi connectivity index (χ4n) is 3.96. The maximum absolute atomic E-state index is 5.95. The van der Waals surface area contributed by atoms with Gasteiger partial charge in [-0.2, -0.15) is 0 Å². The molecule has 26 heavy (non-hydrogen) atoms. The summed E-state index contributed by atoms with van der Waals surface area (Å²) in [4.78, 5) is 9.54. The highest BCUT2D eigenvalue weighted by Crippen LogP contribution is 2.26. The molecule has 2 aliphatic heterocycles. The topological polar surface area (TPSA) is 44.5 Å². The molecule has 5 nitrogen and oxygen atoms in total. The Morgan fingerprint density at radius 3 is 2.54 bits per heavy atom. The van der Waals surface area contributed by atoms with Crippen LogP contribution < -0.4 is 5.32 Å². The lowest BCUT2D eigenvalue weighted by Gasteiger charge is -2.38. The number of oxazole rings is 1. The van der Waals surface area contributed by atoms with Crippen molar-refractivity contribution in [3.8, 4) is 11.3 Å². The molecule has 4 rings (SSSR count). The van der Waals surface area contributed by atoms with Crippen LogP contribution in [0.4, 0.5) is 0 Å². The number of hydrogen-bond donors (Lipinski definition) is 1. The summed E-state index contributed by atoms with van der Waals surface area (Å²) >= 11 is 0. The molecule has 0 aliphatic carbocycles. The first-order chi connectivity index (χ1) is 12.2. The van der Waals surface area contributed by atoms with Crippen LogP contribution in [-0.4, -0.2) is 60.6 Å². The van der Waals surface area contributed by atoms with Gasteiger partial charge in [-0.15, -0.1) is 12.4 Å². The summed E-state index contributed by atoms with van der Waals surface area (Å²) in [6.07, 6.45) is 3.14. The van der Waals surface area contributed by atoms with Crippen LogP contribution in [0.5, 0.6) is 0 Å². The van der Waals surface area contributed by atoms with Gasteiger partial charge in [-0.05, 0) is 18.4 Å². The van der Waals surface area contributed by atoms with Crippen molar-refractivity contribution < 1.29 is 4.42 Å². The van der Waals surface area contributed by atoms with Crippen molar-refractivity contribution in [2.24, 2.45) is 5.41 Å². The zero-order valence-corrected chi connectivity index (χ0v) is 16.3. The van der Waals surface area contributed by atoms with Gasteiger partial charge in [0, 0.05) is 44.8 Å². The van der Waals surface area contributed by atoms with Gasteiger partial charge in [0.05, 0.1) is 12.7 Å². The molecule has 0 radical (unpaired) electrons. The van der Waals surface area contributed by atoms with Crippen LogP contribution in [0.3, 0.4) is 0 Å². The number of aromatic nitrogens is 1. The Hall–Kier alpha value is -1.40. The molecule has 0 bridgehead atoms. The van der Waals surface area contributed by atoms with Crippen molar-refractivity contribution in [3.63, 3.8) is 0 Å². The molecule has 1 unspecified atom stereocenters. The van der Waals surface area contributed by atoms with Gasteiger partial charge < -0.3 is 14.6 Å². The number of hydrogen-bond acceptors (Lipinski definition) is 5. The fourth-order valence-corrected chi connectivity index (χ4v) is 3.96. The second kappa shape index (κ2) is 8.53. The van der Waals surface area contributed by atoms with Crippen LogP contribution in [0.25, 0.3) is 11.3 Å². The van der Waals surface area contributed by atoms with E-state index in [4.69, 9.17) is 4.42 Å². The van der Waals surface area contributed by atoms with Crippen LogP contribution >= 0.6 is 12.4 Å². The average molecular weight is 377 g/mol. The maximum atomic E-state index is 5.95. The van der Waals surface area contributed by atoms with E-state index in [1.165, 1.54) is 19.5 Å². The first-order valence-electron chi connectivity index (χ1n) is 9.36. The van der Waals surface area contributed by atoms with E-state index in [0.29, 0.717) is 5.41 Å².